The molecule has 18 heavy (non-hydrogen) atoms. The van der Waals surface area contributed by atoms with Crippen molar-refractivity contribution in [2.45, 2.75) is 58.8 Å². The lowest BCUT2D eigenvalue weighted by molar-refractivity contribution is 0.0241. The maximum atomic E-state index is 8.69. The van der Waals surface area contributed by atoms with Gasteiger partial charge in [0.2, 0.25) is 0 Å². The Hall–Kier alpha value is -1.36. The third kappa shape index (κ3) is 3.10. The lowest BCUT2D eigenvalue weighted by Gasteiger charge is -2.22. The Morgan fingerprint density at radius 1 is 1.50 bits per heavy atom. The van der Waals surface area contributed by atoms with Crippen molar-refractivity contribution in [3.05, 3.63) is 17.5 Å². The summed E-state index contributed by atoms with van der Waals surface area (Å²) < 4.78 is 7.91. The highest BCUT2D eigenvalue weighted by atomic mass is 16.5. The molecule has 0 atom stereocenters. The van der Waals surface area contributed by atoms with Crippen molar-refractivity contribution >= 4 is 5.71 Å². The van der Waals surface area contributed by atoms with Gasteiger partial charge in [-0.15, -0.1) is 0 Å². The molecule has 0 saturated heterocycles. The third-order valence-electron chi connectivity index (χ3n) is 3.40. The van der Waals surface area contributed by atoms with Crippen LogP contribution in [0.1, 0.15) is 44.0 Å². The van der Waals surface area contributed by atoms with Gasteiger partial charge in [0.05, 0.1) is 29.8 Å². The van der Waals surface area contributed by atoms with Crippen LogP contribution in [-0.2, 0) is 17.9 Å². The van der Waals surface area contributed by atoms with Crippen molar-refractivity contribution in [2.24, 2.45) is 5.16 Å². The molecule has 1 aliphatic carbocycles. The van der Waals surface area contributed by atoms with Crippen LogP contribution in [0.25, 0.3) is 0 Å². The van der Waals surface area contributed by atoms with Crippen molar-refractivity contribution in [3.8, 4) is 0 Å². The molecule has 100 valence electrons. The molecule has 5 heteroatoms. The average molecular weight is 251 g/mol. The number of nitrogens with zero attached hydrogens (tertiary/aromatic N) is 3. The molecule has 1 fully saturated rings. The quantitative estimate of drug-likeness (QED) is 0.660. The van der Waals surface area contributed by atoms with Crippen LogP contribution in [0.2, 0.25) is 0 Å². The van der Waals surface area contributed by atoms with Crippen molar-refractivity contribution in [1.82, 2.24) is 9.78 Å². The number of aromatic nitrogens is 2. The van der Waals surface area contributed by atoms with E-state index in [-0.39, 0.29) is 6.10 Å². The van der Waals surface area contributed by atoms with Crippen LogP contribution >= 0.6 is 0 Å². The number of rotatable bonds is 4. The molecule has 0 spiro atoms. The summed E-state index contributed by atoms with van der Waals surface area (Å²) in [6, 6.07) is 2.08. The Kier molecular flexibility index (Phi) is 4.36. The summed E-state index contributed by atoms with van der Waals surface area (Å²) in [7, 11) is 0. The van der Waals surface area contributed by atoms with Gasteiger partial charge in [0.15, 0.2) is 0 Å². The fourth-order valence-electron chi connectivity index (χ4n) is 2.38. The predicted molar refractivity (Wildman–Crippen MR) is 68.9 cm³/mol. The average Bonchev–Trinajstić information content (AvgIpc) is 2.77. The Bertz CT molecular complexity index is 416. The Morgan fingerprint density at radius 3 is 2.83 bits per heavy atom. The molecular weight excluding hydrogens is 230 g/mol. The summed E-state index contributed by atoms with van der Waals surface area (Å²) >= 11 is 0. The number of hydrogen-bond donors (Lipinski definition) is 1. The fourth-order valence-corrected chi connectivity index (χ4v) is 2.38. The first-order valence-electron chi connectivity index (χ1n) is 6.57. The van der Waals surface area contributed by atoms with E-state index in [4.69, 9.17) is 9.94 Å². The zero-order valence-corrected chi connectivity index (χ0v) is 11.1. The van der Waals surface area contributed by atoms with Crippen LogP contribution in [0.4, 0.5) is 0 Å². The molecule has 1 heterocycles. The van der Waals surface area contributed by atoms with E-state index in [1.807, 2.05) is 11.6 Å². The van der Waals surface area contributed by atoms with Gasteiger partial charge >= 0.3 is 0 Å². The van der Waals surface area contributed by atoms with E-state index in [9.17, 15) is 0 Å². The number of hydrogen-bond acceptors (Lipinski definition) is 4. The standard InChI is InChI=1S/C13H21N3O2/c1-3-16-12(8-10(2)14-16)9-18-13-6-4-11(15-17)5-7-13/h8,13,17H,3-7,9H2,1-2H3. The topological polar surface area (TPSA) is 59.6 Å². The zero-order chi connectivity index (χ0) is 13.0. The van der Waals surface area contributed by atoms with E-state index in [1.165, 1.54) is 0 Å². The molecule has 1 N–H and O–H groups in total. The Balaban J connectivity index is 1.84. The normalized spacial score (nSPS) is 20.1. The van der Waals surface area contributed by atoms with Gasteiger partial charge in [-0.05, 0) is 45.6 Å². The maximum Gasteiger partial charge on any atom is 0.0888 e. The molecule has 0 radical (unpaired) electrons. The number of ether oxygens (including phenoxy) is 1. The smallest absolute Gasteiger partial charge is 0.0888 e. The number of oxime groups is 1. The van der Waals surface area contributed by atoms with Crippen molar-refractivity contribution in [3.63, 3.8) is 0 Å². The lowest BCUT2D eigenvalue weighted by Crippen LogP contribution is -2.22. The summed E-state index contributed by atoms with van der Waals surface area (Å²) in [5.74, 6) is 0. The molecule has 1 aromatic heterocycles. The fraction of sp³-hybridized carbons (Fsp3) is 0.692. The molecule has 1 aliphatic rings. The summed E-state index contributed by atoms with van der Waals surface area (Å²) in [5.41, 5.74) is 3.06. The molecule has 1 saturated carbocycles. The first-order chi connectivity index (χ1) is 8.72. The van der Waals surface area contributed by atoms with Crippen molar-refractivity contribution < 1.29 is 9.94 Å². The second-order valence-corrected chi connectivity index (χ2v) is 4.77. The molecular formula is C13H21N3O2. The number of aryl methyl sites for hydroxylation is 2. The molecule has 0 aliphatic heterocycles. The molecule has 0 unspecified atom stereocenters. The maximum absolute atomic E-state index is 8.69. The Morgan fingerprint density at radius 2 is 2.22 bits per heavy atom. The van der Waals surface area contributed by atoms with E-state index < -0.39 is 0 Å². The molecule has 2 rings (SSSR count). The minimum absolute atomic E-state index is 0.274. The van der Waals surface area contributed by atoms with E-state index in [0.29, 0.717) is 6.61 Å². The van der Waals surface area contributed by atoms with E-state index >= 15 is 0 Å². The van der Waals surface area contributed by atoms with Gasteiger partial charge in [-0.1, -0.05) is 5.16 Å². The molecule has 1 aromatic rings. The molecule has 5 nitrogen and oxygen atoms in total. The van der Waals surface area contributed by atoms with Crippen LogP contribution in [-0.4, -0.2) is 26.8 Å². The van der Waals surface area contributed by atoms with Gasteiger partial charge < -0.3 is 9.94 Å². The van der Waals surface area contributed by atoms with Gasteiger partial charge in [-0.3, -0.25) is 4.68 Å². The highest BCUT2D eigenvalue weighted by Gasteiger charge is 2.19. The highest BCUT2D eigenvalue weighted by molar-refractivity contribution is 5.84. The van der Waals surface area contributed by atoms with Gasteiger partial charge in [0, 0.05) is 6.54 Å². The Labute approximate surface area is 107 Å². The van der Waals surface area contributed by atoms with Gasteiger partial charge in [-0.25, -0.2) is 0 Å². The van der Waals surface area contributed by atoms with Gasteiger partial charge in [-0.2, -0.15) is 5.10 Å². The molecule has 0 aromatic carbocycles. The summed E-state index contributed by atoms with van der Waals surface area (Å²) in [5, 5.41) is 16.4. The van der Waals surface area contributed by atoms with Crippen LogP contribution in [0.5, 0.6) is 0 Å². The SMILES string of the molecule is CCn1nc(C)cc1COC1CCC(=NO)CC1. The zero-order valence-electron chi connectivity index (χ0n) is 11.1. The van der Waals surface area contributed by atoms with E-state index in [0.717, 1.165) is 49.3 Å². The van der Waals surface area contributed by atoms with Crippen molar-refractivity contribution in [2.75, 3.05) is 0 Å². The van der Waals surface area contributed by atoms with Crippen LogP contribution in [0.15, 0.2) is 11.2 Å². The summed E-state index contributed by atoms with van der Waals surface area (Å²) in [6.45, 7) is 5.57. The van der Waals surface area contributed by atoms with Gasteiger partial charge in [0.1, 0.15) is 0 Å². The largest absolute Gasteiger partial charge is 0.411 e. The van der Waals surface area contributed by atoms with Gasteiger partial charge in [0.25, 0.3) is 0 Å². The minimum atomic E-state index is 0.274. The lowest BCUT2D eigenvalue weighted by atomic mass is 9.96. The van der Waals surface area contributed by atoms with Crippen LogP contribution in [0, 0.1) is 6.92 Å². The van der Waals surface area contributed by atoms with E-state index in [2.05, 4.69) is 23.2 Å². The summed E-state index contributed by atoms with van der Waals surface area (Å²) in [6.07, 6.45) is 3.84. The molecule has 0 amide bonds. The molecule has 0 bridgehead atoms. The first kappa shape index (κ1) is 13.1. The van der Waals surface area contributed by atoms with Crippen LogP contribution in [0.3, 0.4) is 0 Å². The highest BCUT2D eigenvalue weighted by Crippen LogP contribution is 2.20. The minimum Gasteiger partial charge on any atom is -0.411 e. The monoisotopic (exact) mass is 251 g/mol. The van der Waals surface area contributed by atoms with Crippen molar-refractivity contribution in [1.29, 1.82) is 0 Å². The third-order valence-corrected chi connectivity index (χ3v) is 3.40. The summed E-state index contributed by atoms with van der Waals surface area (Å²) in [4.78, 5) is 0. The first-order valence-corrected chi connectivity index (χ1v) is 6.57. The second-order valence-electron chi connectivity index (χ2n) is 4.77. The predicted octanol–water partition coefficient (Wildman–Crippen LogP) is 2.50. The van der Waals surface area contributed by atoms with E-state index in [1.54, 1.807) is 0 Å². The second kappa shape index (κ2) is 6.00. The van der Waals surface area contributed by atoms with Crippen LogP contribution < -0.4 is 0 Å².